The molecule has 2 rings (SSSR count). The highest BCUT2D eigenvalue weighted by atomic mass is 35.5. The number of nitrogens with zero attached hydrogens (tertiary/aromatic N) is 2. The van der Waals surface area contributed by atoms with Gasteiger partial charge in [-0.05, 0) is 24.5 Å². The molecule has 0 bridgehead atoms. The maximum atomic E-state index is 11.3. The van der Waals surface area contributed by atoms with Crippen molar-refractivity contribution in [2.45, 2.75) is 20.3 Å². The first-order valence-corrected chi connectivity index (χ1v) is 7.11. The summed E-state index contributed by atoms with van der Waals surface area (Å²) < 4.78 is 5.25. The monoisotopic (exact) mass is 328 g/mol. The average molecular weight is 329 g/mol. The van der Waals surface area contributed by atoms with Gasteiger partial charge in [0.2, 0.25) is 0 Å². The van der Waals surface area contributed by atoms with Crippen molar-refractivity contribution in [3.8, 4) is 5.75 Å². The standard InChI is InChI=1S/C14H14Cl2N2O3/c1-7(2)6-9-14(18(19)20)12(16)11-8(15)4-5-10(21-3)13(11)17-9/h4-5,7H,6H2,1-3H3. The van der Waals surface area contributed by atoms with Crippen LogP contribution in [-0.2, 0) is 6.42 Å². The van der Waals surface area contributed by atoms with Crippen molar-refractivity contribution < 1.29 is 9.66 Å². The fourth-order valence-corrected chi connectivity index (χ4v) is 2.84. The summed E-state index contributed by atoms with van der Waals surface area (Å²) in [5.41, 5.74) is 0.595. The molecular formula is C14H14Cl2N2O3. The summed E-state index contributed by atoms with van der Waals surface area (Å²) in [5.74, 6) is 0.686. The largest absolute Gasteiger partial charge is 0.494 e. The molecule has 0 aliphatic rings. The zero-order valence-electron chi connectivity index (χ0n) is 11.8. The van der Waals surface area contributed by atoms with Gasteiger partial charge in [0.15, 0.2) is 0 Å². The lowest BCUT2D eigenvalue weighted by atomic mass is 10.0. The molecule has 0 N–H and O–H groups in total. The van der Waals surface area contributed by atoms with Crippen LogP contribution in [0.25, 0.3) is 10.9 Å². The minimum atomic E-state index is -0.512. The van der Waals surface area contributed by atoms with Crippen LogP contribution in [0.4, 0.5) is 5.69 Å². The van der Waals surface area contributed by atoms with Gasteiger partial charge in [-0.25, -0.2) is 4.98 Å². The molecular weight excluding hydrogens is 315 g/mol. The van der Waals surface area contributed by atoms with Crippen LogP contribution in [0.2, 0.25) is 10.0 Å². The molecule has 0 unspecified atom stereocenters. The Morgan fingerprint density at radius 3 is 2.57 bits per heavy atom. The number of aromatic nitrogens is 1. The summed E-state index contributed by atoms with van der Waals surface area (Å²) in [6, 6.07) is 3.25. The zero-order chi connectivity index (χ0) is 15.7. The van der Waals surface area contributed by atoms with Crippen molar-refractivity contribution >= 4 is 39.8 Å². The maximum absolute atomic E-state index is 11.3. The minimum absolute atomic E-state index is 0.00421. The van der Waals surface area contributed by atoms with Crippen LogP contribution < -0.4 is 4.74 Å². The van der Waals surface area contributed by atoms with E-state index in [0.29, 0.717) is 33.8 Å². The van der Waals surface area contributed by atoms with E-state index in [2.05, 4.69) is 4.98 Å². The quantitative estimate of drug-likeness (QED) is 0.604. The van der Waals surface area contributed by atoms with E-state index in [4.69, 9.17) is 27.9 Å². The molecule has 21 heavy (non-hydrogen) atoms. The van der Waals surface area contributed by atoms with Crippen molar-refractivity contribution in [1.29, 1.82) is 0 Å². The lowest BCUT2D eigenvalue weighted by Gasteiger charge is -2.12. The van der Waals surface area contributed by atoms with Crippen LogP contribution in [0.5, 0.6) is 5.75 Å². The first-order valence-electron chi connectivity index (χ1n) is 6.35. The highest BCUT2D eigenvalue weighted by molar-refractivity contribution is 6.43. The Balaban J connectivity index is 2.90. The molecule has 0 aliphatic carbocycles. The summed E-state index contributed by atoms with van der Waals surface area (Å²) in [7, 11) is 1.50. The second-order valence-corrected chi connectivity index (χ2v) is 5.83. The van der Waals surface area contributed by atoms with Crippen molar-refractivity contribution in [2.75, 3.05) is 7.11 Å². The van der Waals surface area contributed by atoms with E-state index < -0.39 is 4.92 Å². The van der Waals surface area contributed by atoms with Gasteiger partial charge in [0.25, 0.3) is 0 Å². The molecule has 0 amide bonds. The van der Waals surface area contributed by atoms with Crippen LogP contribution >= 0.6 is 23.2 Å². The zero-order valence-corrected chi connectivity index (χ0v) is 13.3. The van der Waals surface area contributed by atoms with Gasteiger partial charge in [0, 0.05) is 5.39 Å². The molecule has 2 aromatic rings. The molecule has 0 aliphatic heterocycles. The highest BCUT2D eigenvalue weighted by Crippen LogP contribution is 2.41. The van der Waals surface area contributed by atoms with Gasteiger partial charge in [0.1, 0.15) is 22.0 Å². The van der Waals surface area contributed by atoms with E-state index in [9.17, 15) is 10.1 Å². The third-order valence-corrected chi connectivity index (χ3v) is 3.72. The lowest BCUT2D eigenvalue weighted by Crippen LogP contribution is -2.05. The predicted octanol–water partition coefficient (Wildman–Crippen LogP) is 4.66. The number of benzene rings is 1. The van der Waals surface area contributed by atoms with Gasteiger partial charge in [-0.2, -0.15) is 0 Å². The number of nitro groups is 1. The normalized spacial score (nSPS) is 11.1. The summed E-state index contributed by atoms with van der Waals surface area (Å²) in [6.45, 7) is 3.91. The molecule has 5 nitrogen and oxygen atoms in total. The maximum Gasteiger partial charge on any atom is 0.309 e. The number of rotatable bonds is 4. The first-order chi connectivity index (χ1) is 9.86. The number of hydrogen-bond donors (Lipinski definition) is 0. The number of ether oxygens (including phenoxy) is 1. The van der Waals surface area contributed by atoms with E-state index in [-0.39, 0.29) is 16.6 Å². The highest BCUT2D eigenvalue weighted by Gasteiger charge is 2.26. The minimum Gasteiger partial charge on any atom is -0.494 e. The van der Waals surface area contributed by atoms with E-state index in [1.54, 1.807) is 12.1 Å². The molecule has 112 valence electrons. The lowest BCUT2D eigenvalue weighted by molar-refractivity contribution is -0.385. The molecule has 1 aromatic heterocycles. The average Bonchev–Trinajstić information content (AvgIpc) is 2.37. The van der Waals surface area contributed by atoms with Gasteiger partial charge >= 0.3 is 5.69 Å². The summed E-state index contributed by atoms with van der Waals surface area (Å²) in [6.07, 6.45) is 0.446. The van der Waals surface area contributed by atoms with Gasteiger partial charge in [-0.1, -0.05) is 37.0 Å². The van der Waals surface area contributed by atoms with Gasteiger partial charge < -0.3 is 4.74 Å². The van der Waals surface area contributed by atoms with Crippen LogP contribution in [-0.4, -0.2) is 17.0 Å². The number of halogens is 2. The fraction of sp³-hybridized carbons (Fsp3) is 0.357. The molecule has 0 radical (unpaired) electrons. The number of methoxy groups -OCH3 is 1. The summed E-state index contributed by atoms with van der Waals surface area (Å²) >= 11 is 12.4. The Bertz CT molecular complexity index is 717. The van der Waals surface area contributed by atoms with Crippen molar-refractivity contribution in [3.05, 3.63) is 38.0 Å². The molecule has 0 saturated heterocycles. The Morgan fingerprint density at radius 1 is 1.38 bits per heavy atom. The first kappa shape index (κ1) is 15.8. The van der Waals surface area contributed by atoms with E-state index in [0.717, 1.165) is 0 Å². The fourth-order valence-electron chi connectivity index (χ4n) is 2.18. The predicted molar refractivity (Wildman–Crippen MR) is 83.5 cm³/mol. The Hall–Kier alpha value is -1.59. The van der Waals surface area contributed by atoms with Crippen molar-refractivity contribution in [2.24, 2.45) is 5.92 Å². The number of pyridine rings is 1. The Labute approximate surface area is 132 Å². The summed E-state index contributed by atoms with van der Waals surface area (Å²) in [4.78, 5) is 15.2. The van der Waals surface area contributed by atoms with Crippen molar-refractivity contribution in [3.63, 3.8) is 0 Å². The van der Waals surface area contributed by atoms with Crippen LogP contribution in [0.3, 0.4) is 0 Å². The van der Waals surface area contributed by atoms with E-state index >= 15 is 0 Å². The Kier molecular flexibility index (Phi) is 4.54. The van der Waals surface area contributed by atoms with Gasteiger partial charge in [0.05, 0.1) is 17.1 Å². The topological polar surface area (TPSA) is 65.3 Å². The van der Waals surface area contributed by atoms with Crippen LogP contribution in [0.15, 0.2) is 12.1 Å². The molecule has 0 saturated carbocycles. The molecule has 0 atom stereocenters. The van der Waals surface area contributed by atoms with Gasteiger partial charge in [-0.3, -0.25) is 10.1 Å². The Morgan fingerprint density at radius 2 is 2.05 bits per heavy atom. The number of fused-ring (bicyclic) bond motifs is 1. The molecule has 0 spiro atoms. The van der Waals surface area contributed by atoms with E-state index in [1.807, 2.05) is 13.8 Å². The molecule has 0 fully saturated rings. The van der Waals surface area contributed by atoms with Crippen LogP contribution in [0.1, 0.15) is 19.5 Å². The molecule has 7 heteroatoms. The smallest absolute Gasteiger partial charge is 0.309 e. The van der Waals surface area contributed by atoms with Gasteiger partial charge in [-0.15, -0.1) is 0 Å². The third-order valence-electron chi connectivity index (χ3n) is 3.04. The summed E-state index contributed by atoms with van der Waals surface area (Å²) in [5, 5.41) is 12.0. The SMILES string of the molecule is COc1ccc(Cl)c2c(Cl)c([N+](=O)[O-])c(CC(C)C)nc12. The van der Waals surface area contributed by atoms with Crippen LogP contribution in [0, 0.1) is 16.0 Å². The van der Waals surface area contributed by atoms with E-state index in [1.165, 1.54) is 7.11 Å². The third kappa shape index (κ3) is 2.89. The second-order valence-electron chi connectivity index (χ2n) is 5.05. The molecule has 1 heterocycles. The second kappa shape index (κ2) is 6.03. The number of hydrogen-bond acceptors (Lipinski definition) is 4. The molecule has 1 aromatic carbocycles. The van der Waals surface area contributed by atoms with Crippen molar-refractivity contribution in [1.82, 2.24) is 4.98 Å².